The van der Waals surface area contributed by atoms with E-state index >= 15 is 0 Å². The van der Waals surface area contributed by atoms with Gasteiger partial charge in [0, 0.05) is 54.4 Å². The molecule has 0 aromatic carbocycles. The van der Waals surface area contributed by atoms with Gasteiger partial charge in [-0.25, -0.2) is 4.99 Å². The summed E-state index contributed by atoms with van der Waals surface area (Å²) in [5, 5.41) is 6.46. The van der Waals surface area contributed by atoms with Gasteiger partial charge in [-0.3, -0.25) is 9.59 Å². The quantitative estimate of drug-likeness (QED) is 0.575. The maximum Gasteiger partial charge on any atom is 0.243 e. The average molecular weight is 381 g/mol. The molecule has 8 nitrogen and oxygen atoms in total. The second-order valence-corrected chi connectivity index (χ2v) is 7.42. The van der Waals surface area contributed by atoms with Crippen molar-refractivity contribution < 1.29 is 9.59 Å². The molecule has 0 saturated carbocycles. The number of nitrogens with one attached hydrogen (secondary N) is 1. The Morgan fingerprint density at radius 3 is 2.31 bits per heavy atom. The monoisotopic (exact) mass is 380 g/mol. The summed E-state index contributed by atoms with van der Waals surface area (Å²) in [5.41, 5.74) is 0. The molecule has 0 spiro atoms. The lowest BCUT2D eigenvalue weighted by Gasteiger charge is -2.37. The standard InChI is InChI=1S/C17H28N6O2S/c1-20(2)14(24)12-18-17(19-13-15(25)21(3)4)23-9-7-22(8-10-23)16-6-5-11-26-16/h5-6,11H,7-10,12-13H2,1-4H3,(H,18,19). The van der Waals surface area contributed by atoms with Gasteiger partial charge in [0.05, 0.1) is 11.5 Å². The van der Waals surface area contributed by atoms with Crippen LogP contribution >= 0.6 is 11.3 Å². The number of nitrogens with zero attached hydrogens (tertiary/aromatic N) is 5. The van der Waals surface area contributed by atoms with Gasteiger partial charge in [0.15, 0.2) is 5.96 Å². The highest BCUT2D eigenvalue weighted by Gasteiger charge is 2.21. The zero-order valence-corrected chi connectivity index (χ0v) is 16.8. The summed E-state index contributed by atoms with van der Waals surface area (Å²) in [6, 6.07) is 4.18. The lowest BCUT2D eigenvalue weighted by atomic mass is 10.3. The van der Waals surface area contributed by atoms with E-state index in [0.717, 1.165) is 26.2 Å². The van der Waals surface area contributed by atoms with E-state index in [4.69, 9.17) is 0 Å². The summed E-state index contributed by atoms with van der Waals surface area (Å²) < 4.78 is 0. The number of piperazine rings is 1. The van der Waals surface area contributed by atoms with Crippen LogP contribution in [0.5, 0.6) is 0 Å². The van der Waals surface area contributed by atoms with Gasteiger partial charge in [0.2, 0.25) is 11.8 Å². The number of guanidine groups is 1. The van der Waals surface area contributed by atoms with Crippen molar-refractivity contribution in [2.24, 2.45) is 4.99 Å². The van der Waals surface area contributed by atoms with E-state index in [0.29, 0.717) is 5.96 Å². The molecule has 1 N–H and O–H groups in total. The summed E-state index contributed by atoms with van der Waals surface area (Å²) in [5.74, 6) is 0.510. The number of aliphatic imine (C=N–C) groups is 1. The van der Waals surface area contributed by atoms with Gasteiger partial charge in [-0.1, -0.05) is 0 Å². The van der Waals surface area contributed by atoms with E-state index in [1.807, 2.05) is 0 Å². The summed E-state index contributed by atoms with van der Waals surface area (Å²) in [4.78, 5) is 35.7. The molecule has 0 radical (unpaired) electrons. The Labute approximate surface area is 159 Å². The second kappa shape index (κ2) is 9.42. The van der Waals surface area contributed by atoms with Crippen molar-refractivity contribution in [1.29, 1.82) is 0 Å². The van der Waals surface area contributed by atoms with Crippen LogP contribution in [0.1, 0.15) is 0 Å². The van der Waals surface area contributed by atoms with Crippen LogP contribution in [0.4, 0.5) is 5.00 Å². The number of hydrogen-bond acceptors (Lipinski definition) is 5. The Bertz CT molecular complexity index is 621. The first-order valence-electron chi connectivity index (χ1n) is 8.60. The first kappa shape index (κ1) is 20.0. The van der Waals surface area contributed by atoms with Crippen LogP contribution in [0.2, 0.25) is 0 Å². The predicted molar refractivity (Wildman–Crippen MR) is 106 cm³/mol. The number of anilines is 1. The zero-order chi connectivity index (χ0) is 19.1. The molecule has 1 fully saturated rings. The normalized spacial score (nSPS) is 15.0. The summed E-state index contributed by atoms with van der Waals surface area (Å²) in [6.07, 6.45) is 0. The summed E-state index contributed by atoms with van der Waals surface area (Å²) in [6.45, 7) is 3.56. The SMILES string of the molecule is CN(C)C(=O)CN=C(NCC(=O)N(C)C)N1CCN(c2cccs2)CC1. The van der Waals surface area contributed by atoms with Crippen molar-refractivity contribution in [1.82, 2.24) is 20.0 Å². The molecule has 1 aromatic heterocycles. The molecule has 26 heavy (non-hydrogen) atoms. The van der Waals surface area contributed by atoms with Crippen LogP contribution in [0.25, 0.3) is 0 Å². The molecule has 144 valence electrons. The molecule has 1 aliphatic heterocycles. The Kier molecular flexibility index (Phi) is 7.26. The molecular formula is C17H28N6O2S. The van der Waals surface area contributed by atoms with Gasteiger partial charge in [0.1, 0.15) is 6.54 Å². The third kappa shape index (κ3) is 5.62. The van der Waals surface area contributed by atoms with Crippen molar-refractivity contribution in [3.8, 4) is 0 Å². The zero-order valence-electron chi connectivity index (χ0n) is 15.9. The summed E-state index contributed by atoms with van der Waals surface area (Å²) in [7, 11) is 6.85. The van der Waals surface area contributed by atoms with Gasteiger partial charge >= 0.3 is 0 Å². The smallest absolute Gasteiger partial charge is 0.243 e. The average Bonchev–Trinajstić information content (AvgIpc) is 3.16. The Morgan fingerprint density at radius 1 is 1.12 bits per heavy atom. The predicted octanol–water partition coefficient (Wildman–Crippen LogP) is -0.00790. The number of carbonyl (C=O) groups is 2. The van der Waals surface area contributed by atoms with Crippen molar-refractivity contribution in [2.75, 3.05) is 72.4 Å². The van der Waals surface area contributed by atoms with E-state index in [1.54, 1.807) is 39.5 Å². The molecule has 2 rings (SSSR count). The first-order valence-corrected chi connectivity index (χ1v) is 9.48. The third-order valence-corrected chi connectivity index (χ3v) is 5.09. The molecular weight excluding hydrogens is 352 g/mol. The number of likely N-dealkylation sites (N-methyl/N-ethyl adjacent to an activating group) is 2. The van der Waals surface area contributed by atoms with Gasteiger partial charge in [-0.05, 0) is 17.5 Å². The fourth-order valence-corrected chi connectivity index (χ4v) is 3.24. The van der Waals surface area contributed by atoms with E-state index < -0.39 is 0 Å². The van der Waals surface area contributed by atoms with Crippen molar-refractivity contribution in [3.05, 3.63) is 17.5 Å². The van der Waals surface area contributed by atoms with Gasteiger partial charge in [-0.2, -0.15) is 0 Å². The highest BCUT2D eigenvalue weighted by molar-refractivity contribution is 7.14. The number of carbonyl (C=O) groups excluding carboxylic acids is 2. The van der Waals surface area contributed by atoms with E-state index in [-0.39, 0.29) is 24.9 Å². The van der Waals surface area contributed by atoms with Crippen molar-refractivity contribution in [3.63, 3.8) is 0 Å². The molecule has 2 amide bonds. The molecule has 1 aromatic rings. The third-order valence-electron chi connectivity index (χ3n) is 4.16. The van der Waals surface area contributed by atoms with Crippen LogP contribution in [-0.2, 0) is 9.59 Å². The minimum Gasteiger partial charge on any atom is -0.360 e. The lowest BCUT2D eigenvalue weighted by Crippen LogP contribution is -2.53. The van der Waals surface area contributed by atoms with Crippen molar-refractivity contribution in [2.45, 2.75) is 0 Å². The van der Waals surface area contributed by atoms with Crippen LogP contribution in [-0.4, -0.2) is 99.9 Å². The Morgan fingerprint density at radius 2 is 1.77 bits per heavy atom. The summed E-state index contributed by atoms with van der Waals surface area (Å²) >= 11 is 1.74. The number of hydrogen-bond donors (Lipinski definition) is 1. The minimum atomic E-state index is -0.0690. The highest BCUT2D eigenvalue weighted by atomic mass is 32.1. The molecule has 0 atom stereocenters. The molecule has 2 heterocycles. The number of thiophene rings is 1. The van der Waals surface area contributed by atoms with Gasteiger partial charge in [0.25, 0.3) is 0 Å². The van der Waals surface area contributed by atoms with E-state index in [1.165, 1.54) is 14.8 Å². The Balaban J connectivity index is 1.99. The molecule has 0 aliphatic carbocycles. The maximum atomic E-state index is 11.9. The van der Waals surface area contributed by atoms with Crippen LogP contribution in [0, 0.1) is 0 Å². The van der Waals surface area contributed by atoms with Gasteiger partial charge in [-0.15, -0.1) is 11.3 Å². The van der Waals surface area contributed by atoms with Crippen LogP contribution in [0.15, 0.2) is 22.5 Å². The second-order valence-electron chi connectivity index (χ2n) is 6.50. The minimum absolute atomic E-state index is 0.0335. The molecule has 1 aliphatic rings. The molecule has 0 unspecified atom stereocenters. The van der Waals surface area contributed by atoms with Crippen LogP contribution in [0.3, 0.4) is 0 Å². The Hall–Kier alpha value is -2.29. The number of amides is 2. The fourth-order valence-electron chi connectivity index (χ4n) is 2.45. The van der Waals surface area contributed by atoms with Crippen molar-refractivity contribution >= 4 is 34.1 Å². The highest BCUT2D eigenvalue weighted by Crippen LogP contribution is 2.22. The maximum absolute atomic E-state index is 11.9. The molecule has 1 saturated heterocycles. The topological polar surface area (TPSA) is 71.5 Å². The largest absolute Gasteiger partial charge is 0.360 e. The van der Waals surface area contributed by atoms with E-state index in [2.05, 4.69) is 37.6 Å². The van der Waals surface area contributed by atoms with Gasteiger partial charge < -0.3 is 24.9 Å². The lowest BCUT2D eigenvalue weighted by molar-refractivity contribution is -0.127. The van der Waals surface area contributed by atoms with Crippen LogP contribution < -0.4 is 10.2 Å². The fraction of sp³-hybridized carbons (Fsp3) is 0.588. The molecule has 0 bridgehead atoms. The number of rotatable bonds is 5. The molecule has 9 heteroatoms. The first-order chi connectivity index (χ1) is 12.4. The van der Waals surface area contributed by atoms with E-state index in [9.17, 15) is 9.59 Å².